The number of carbonyl (C=O) groups excluding carboxylic acids is 2. The summed E-state index contributed by atoms with van der Waals surface area (Å²) in [6.45, 7) is 0.450. The number of esters is 1. The summed E-state index contributed by atoms with van der Waals surface area (Å²) >= 11 is 0. The van der Waals surface area contributed by atoms with Crippen molar-refractivity contribution in [3.8, 4) is 0 Å². The lowest BCUT2D eigenvalue weighted by molar-refractivity contribution is -0.120. The molecule has 0 aliphatic heterocycles. The Balaban J connectivity index is 2.46. The molecule has 0 aliphatic carbocycles. The van der Waals surface area contributed by atoms with E-state index in [0.29, 0.717) is 18.8 Å². The fourth-order valence-electron chi connectivity index (χ4n) is 1.06. The Bertz CT molecular complexity index is 391. The largest absolute Gasteiger partial charge is 0.464 e. The zero-order valence-corrected chi connectivity index (χ0v) is 9.69. The van der Waals surface area contributed by atoms with Gasteiger partial charge in [0.05, 0.1) is 19.5 Å². The second-order valence-corrected chi connectivity index (χ2v) is 3.13. The molecule has 7 heteroatoms. The molecule has 17 heavy (non-hydrogen) atoms. The summed E-state index contributed by atoms with van der Waals surface area (Å²) in [4.78, 5) is 29.8. The van der Waals surface area contributed by atoms with Crippen molar-refractivity contribution in [1.82, 2.24) is 15.3 Å². The first kappa shape index (κ1) is 12.9. The fourth-order valence-corrected chi connectivity index (χ4v) is 1.06. The first-order chi connectivity index (χ1) is 8.17. The quantitative estimate of drug-likeness (QED) is 0.691. The molecule has 1 aromatic rings. The molecule has 0 saturated heterocycles. The van der Waals surface area contributed by atoms with Crippen molar-refractivity contribution in [2.75, 3.05) is 26.0 Å². The first-order valence-electron chi connectivity index (χ1n) is 5.02. The number of rotatable bonds is 5. The van der Waals surface area contributed by atoms with Crippen molar-refractivity contribution in [3.63, 3.8) is 0 Å². The monoisotopic (exact) mass is 238 g/mol. The van der Waals surface area contributed by atoms with Crippen LogP contribution in [0.5, 0.6) is 0 Å². The number of hydrogen-bond acceptors (Lipinski definition) is 6. The summed E-state index contributed by atoms with van der Waals surface area (Å²) in [5, 5.41) is 5.41. The maximum atomic E-state index is 11.1. The Labute approximate surface area is 98.6 Å². The third kappa shape index (κ3) is 4.06. The highest BCUT2D eigenvalue weighted by atomic mass is 16.5. The average Bonchev–Trinajstić information content (AvgIpc) is 2.38. The maximum Gasteiger partial charge on any atom is 0.358 e. The number of nitrogens with one attached hydrogen (secondary N) is 2. The Morgan fingerprint density at radius 3 is 2.65 bits per heavy atom. The number of hydrogen-bond donors (Lipinski definition) is 2. The number of ether oxygens (including phenoxy) is 1. The van der Waals surface area contributed by atoms with Crippen LogP contribution in [0.15, 0.2) is 12.4 Å². The van der Waals surface area contributed by atoms with Gasteiger partial charge in [0, 0.05) is 20.0 Å². The standard InChI is InChI=1S/C10H14N4O3/c1-11-9(15)3-4-12-8-6-13-7(5-14-8)10(16)17-2/h5-6H,3-4H2,1-2H3,(H,11,15)(H,12,14). The third-order valence-corrected chi connectivity index (χ3v) is 1.98. The van der Waals surface area contributed by atoms with Crippen LogP contribution in [-0.2, 0) is 9.53 Å². The van der Waals surface area contributed by atoms with E-state index >= 15 is 0 Å². The van der Waals surface area contributed by atoms with Crippen LogP contribution >= 0.6 is 0 Å². The van der Waals surface area contributed by atoms with Gasteiger partial charge in [-0.05, 0) is 0 Å². The van der Waals surface area contributed by atoms with Gasteiger partial charge in [-0.1, -0.05) is 0 Å². The maximum absolute atomic E-state index is 11.1. The zero-order valence-electron chi connectivity index (χ0n) is 9.69. The van der Waals surface area contributed by atoms with Crippen LogP contribution in [0.1, 0.15) is 16.9 Å². The van der Waals surface area contributed by atoms with Crippen LogP contribution in [0, 0.1) is 0 Å². The van der Waals surface area contributed by atoms with Gasteiger partial charge in [-0.3, -0.25) is 4.79 Å². The van der Waals surface area contributed by atoms with Crippen molar-refractivity contribution in [2.24, 2.45) is 0 Å². The Kier molecular flexibility index (Phi) is 4.86. The van der Waals surface area contributed by atoms with Gasteiger partial charge in [-0.25, -0.2) is 14.8 Å². The van der Waals surface area contributed by atoms with E-state index in [9.17, 15) is 9.59 Å². The fraction of sp³-hybridized carbons (Fsp3) is 0.400. The molecule has 7 nitrogen and oxygen atoms in total. The molecule has 0 aromatic carbocycles. The molecule has 1 rings (SSSR count). The van der Waals surface area contributed by atoms with E-state index in [1.165, 1.54) is 19.5 Å². The minimum absolute atomic E-state index is 0.0587. The molecule has 0 radical (unpaired) electrons. The Morgan fingerprint density at radius 1 is 1.35 bits per heavy atom. The lowest BCUT2D eigenvalue weighted by atomic mass is 10.4. The highest BCUT2D eigenvalue weighted by Gasteiger charge is 2.07. The number of anilines is 1. The third-order valence-electron chi connectivity index (χ3n) is 1.98. The summed E-state index contributed by atoms with van der Waals surface area (Å²) < 4.78 is 4.49. The van der Waals surface area contributed by atoms with Crippen molar-refractivity contribution < 1.29 is 14.3 Å². The zero-order chi connectivity index (χ0) is 12.7. The summed E-state index contributed by atoms with van der Waals surface area (Å²) in [6, 6.07) is 0. The molecule has 92 valence electrons. The van der Waals surface area contributed by atoms with E-state index in [4.69, 9.17) is 0 Å². The van der Waals surface area contributed by atoms with Crippen LogP contribution in [0.4, 0.5) is 5.82 Å². The van der Waals surface area contributed by atoms with Gasteiger partial charge < -0.3 is 15.4 Å². The van der Waals surface area contributed by atoms with E-state index in [1.54, 1.807) is 7.05 Å². The van der Waals surface area contributed by atoms with E-state index < -0.39 is 5.97 Å². The van der Waals surface area contributed by atoms with Crippen LogP contribution in [0.25, 0.3) is 0 Å². The molecule has 1 heterocycles. The molecule has 1 amide bonds. The number of amides is 1. The molecule has 1 aromatic heterocycles. The Morgan fingerprint density at radius 2 is 2.12 bits per heavy atom. The van der Waals surface area contributed by atoms with Gasteiger partial charge in [-0.2, -0.15) is 0 Å². The number of methoxy groups -OCH3 is 1. The average molecular weight is 238 g/mol. The van der Waals surface area contributed by atoms with Gasteiger partial charge in [0.1, 0.15) is 5.82 Å². The van der Waals surface area contributed by atoms with Crippen molar-refractivity contribution in [2.45, 2.75) is 6.42 Å². The predicted molar refractivity (Wildman–Crippen MR) is 60.5 cm³/mol. The Hall–Kier alpha value is -2.18. The van der Waals surface area contributed by atoms with E-state index in [2.05, 4.69) is 25.3 Å². The van der Waals surface area contributed by atoms with E-state index in [-0.39, 0.29) is 11.6 Å². The van der Waals surface area contributed by atoms with E-state index in [1.807, 2.05) is 0 Å². The smallest absolute Gasteiger partial charge is 0.358 e. The molecule has 0 fully saturated rings. The molecule has 2 N–H and O–H groups in total. The first-order valence-corrected chi connectivity index (χ1v) is 5.02. The van der Waals surface area contributed by atoms with E-state index in [0.717, 1.165) is 0 Å². The van der Waals surface area contributed by atoms with Crippen molar-refractivity contribution in [3.05, 3.63) is 18.1 Å². The highest BCUT2D eigenvalue weighted by molar-refractivity contribution is 5.86. The molecule has 0 aliphatic rings. The molecular formula is C10H14N4O3. The van der Waals surface area contributed by atoms with Gasteiger partial charge in [0.2, 0.25) is 5.91 Å². The SMILES string of the molecule is CNC(=O)CCNc1cnc(C(=O)OC)cn1. The van der Waals surface area contributed by atoms with Crippen LogP contribution in [0.2, 0.25) is 0 Å². The van der Waals surface area contributed by atoms with Crippen LogP contribution in [-0.4, -0.2) is 42.5 Å². The van der Waals surface area contributed by atoms with Gasteiger partial charge in [-0.15, -0.1) is 0 Å². The predicted octanol–water partition coefficient (Wildman–Crippen LogP) is -0.189. The van der Waals surface area contributed by atoms with Crippen LogP contribution < -0.4 is 10.6 Å². The second kappa shape index (κ2) is 6.41. The summed E-state index contributed by atoms with van der Waals surface area (Å²) in [7, 11) is 2.85. The van der Waals surface area contributed by atoms with Gasteiger partial charge in [0.15, 0.2) is 5.69 Å². The molecule has 0 spiro atoms. The normalized spacial score (nSPS) is 9.53. The summed E-state index contributed by atoms with van der Waals surface area (Å²) in [6.07, 6.45) is 3.07. The molecule has 0 bridgehead atoms. The molecule has 0 unspecified atom stereocenters. The highest BCUT2D eigenvalue weighted by Crippen LogP contribution is 2.02. The van der Waals surface area contributed by atoms with Gasteiger partial charge in [0.25, 0.3) is 0 Å². The molecule has 0 atom stereocenters. The van der Waals surface area contributed by atoms with Gasteiger partial charge >= 0.3 is 5.97 Å². The topological polar surface area (TPSA) is 93.2 Å². The summed E-state index contributed by atoms with van der Waals surface area (Å²) in [5.41, 5.74) is 0.143. The van der Waals surface area contributed by atoms with Crippen LogP contribution in [0.3, 0.4) is 0 Å². The summed E-state index contributed by atoms with van der Waals surface area (Å²) in [5.74, 6) is -0.0902. The lowest BCUT2D eigenvalue weighted by Crippen LogP contribution is -2.21. The lowest BCUT2D eigenvalue weighted by Gasteiger charge is -2.04. The number of carbonyl (C=O) groups is 2. The number of aromatic nitrogens is 2. The minimum atomic E-state index is -0.533. The molecular weight excluding hydrogens is 224 g/mol. The molecule has 0 saturated carbocycles. The van der Waals surface area contributed by atoms with Crippen molar-refractivity contribution in [1.29, 1.82) is 0 Å². The second-order valence-electron chi connectivity index (χ2n) is 3.13. The van der Waals surface area contributed by atoms with Crippen molar-refractivity contribution >= 4 is 17.7 Å². The number of nitrogens with zero attached hydrogens (tertiary/aromatic N) is 2. The minimum Gasteiger partial charge on any atom is -0.464 e.